The third-order valence-electron chi connectivity index (χ3n) is 5.29. The van der Waals surface area contributed by atoms with Gasteiger partial charge in [0.05, 0.1) is 16.6 Å². The maximum atomic E-state index is 12.8. The van der Waals surface area contributed by atoms with Crippen LogP contribution in [0.5, 0.6) is 0 Å². The zero-order valence-corrected chi connectivity index (χ0v) is 17.2. The molecule has 0 bridgehead atoms. The highest BCUT2D eigenvalue weighted by Crippen LogP contribution is 2.36. The summed E-state index contributed by atoms with van der Waals surface area (Å²) in [6.45, 7) is 0. The number of nitrogens with zero attached hydrogens (tertiary/aromatic N) is 1. The van der Waals surface area contributed by atoms with E-state index in [2.05, 4.69) is 40.6 Å². The van der Waals surface area contributed by atoms with Crippen LogP contribution in [0.4, 0.5) is 5.69 Å². The molecule has 4 nitrogen and oxygen atoms in total. The number of amides is 1. The molecule has 0 aliphatic carbocycles. The van der Waals surface area contributed by atoms with Crippen molar-refractivity contribution in [3.63, 3.8) is 0 Å². The van der Waals surface area contributed by atoms with E-state index in [9.17, 15) is 4.79 Å². The fourth-order valence-electron chi connectivity index (χ4n) is 3.76. The Labute approximate surface area is 179 Å². The number of nitrogens with one attached hydrogen (secondary N) is 2. The summed E-state index contributed by atoms with van der Waals surface area (Å²) in [4.78, 5) is 21.2. The van der Waals surface area contributed by atoms with Gasteiger partial charge < -0.3 is 10.3 Å². The standard InChI is InChI=1S/C25H21N3OS/c29-24-21(16-15-17-9-7-8-14-20(17)26-24)30-25-27-22(18-10-3-1-4-11-18)23(28-25)19-12-5-2-6-13-19/h1-14,21H,15-16H2,(H,26,29)(H,27,28). The Balaban J connectivity index is 1.47. The maximum absolute atomic E-state index is 12.8. The van der Waals surface area contributed by atoms with E-state index in [1.807, 2.05) is 54.6 Å². The molecule has 2 heterocycles. The Morgan fingerprint density at radius 1 is 0.833 bits per heavy atom. The number of H-pyrrole nitrogens is 1. The first-order valence-electron chi connectivity index (χ1n) is 10.0. The molecule has 5 rings (SSSR count). The highest BCUT2D eigenvalue weighted by Gasteiger charge is 2.26. The quantitative estimate of drug-likeness (QED) is 0.447. The van der Waals surface area contributed by atoms with Crippen LogP contribution in [0.2, 0.25) is 0 Å². The largest absolute Gasteiger partial charge is 0.332 e. The minimum Gasteiger partial charge on any atom is -0.332 e. The lowest BCUT2D eigenvalue weighted by molar-refractivity contribution is -0.115. The van der Waals surface area contributed by atoms with Crippen LogP contribution in [0.1, 0.15) is 12.0 Å². The summed E-state index contributed by atoms with van der Waals surface area (Å²) in [5.74, 6) is 0.0314. The number of para-hydroxylation sites is 1. The Morgan fingerprint density at radius 2 is 1.50 bits per heavy atom. The number of aryl methyl sites for hydroxylation is 1. The minimum atomic E-state index is -0.198. The predicted molar refractivity (Wildman–Crippen MR) is 122 cm³/mol. The van der Waals surface area contributed by atoms with Gasteiger partial charge in [0.15, 0.2) is 5.16 Å². The number of carbonyl (C=O) groups is 1. The Hall–Kier alpha value is -3.31. The van der Waals surface area contributed by atoms with Crippen LogP contribution in [0, 0.1) is 0 Å². The van der Waals surface area contributed by atoms with Crippen molar-refractivity contribution in [1.82, 2.24) is 9.97 Å². The molecule has 0 radical (unpaired) electrons. The van der Waals surface area contributed by atoms with Crippen molar-refractivity contribution in [2.45, 2.75) is 23.2 Å². The van der Waals surface area contributed by atoms with Crippen molar-refractivity contribution in [3.05, 3.63) is 90.5 Å². The lowest BCUT2D eigenvalue weighted by Gasteiger charge is -2.10. The molecule has 1 amide bonds. The maximum Gasteiger partial charge on any atom is 0.237 e. The Bertz CT molecular complexity index is 1110. The number of hydrogen-bond acceptors (Lipinski definition) is 3. The van der Waals surface area contributed by atoms with E-state index < -0.39 is 0 Å². The number of aromatic amines is 1. The molecule has 0 saturated carbocycles. The van der Waals surface area contributed by atoms with E-state index in [4.69, 9.17) is 4.98 Å². The Kier molecular flexibility index (Phi) is 5.11. The topological polar surface area (TPSA) is 57.8 Å². The molecule has 0 spiro atoms. The fraction of sp³-hybridized carbons (Fsp3) is 0.120. The van der Waals surface area contributed by atoms with Gasteiger partial charge in [-0.3, -0.25) is 4.79 Å². The molecule has 0 fully saturated rings. The molecule has 0 saturated heterocycles. The first-order valence-corrected chi connectivity index (χ1v) is 10.9. The summed E-state index contributed by atoms with van der Waals surface area (Å²) in [7, 11) is 0. The van der Waals surface area contributed by atoms with Crippen molar-refractivity contribution in [2.24, 2.45) is 0 Å². The van der Waals surface area contributed by atoms with Gasteiger partial charge in [-0.15, -0.1) is 0 Å². The molecule has 4 aromatic rings. The summed E-state index contributed by atoms with van der Waals surface area (Å²) in [6, 6.07) is 28.4. The lowest BCUT2D eigenvalue weighted by atomic mass is 10.1. The van der Waals surface area contributed by atoms with Crippen LogP contribution in [0.25, 0.3) is 22.5 Å². The van der Waals surface area contributed by atoms with Gasteiger partial charge in [-0.1, -0.05) is 90.6 Å². The molecule has 1 aliphatic rings. The van der Waals surface area contributed by atoms with Gasteiger partial charge in [0.25, 0.3) is 0 Å². The average molecular weight is 412 g/mol. The highest BCUT2D eigenvalue weighted by atomic mass is 32.2. The number of rotatable bonds is 4. The normalized spacial score (nSPS) is 15.9. The molecule has 3 aromatic carbocycles. The van der Waals surface area contributed by atoms with E-state index in [0.29, 0.717) is 0 Å². The van der Waals surface area contributed by atoms with Crippen molar-refractivity contribution < 1.29 is 4.79 Å². The van der Waals surface area contributed by atoms with Gasteiger partial charge in [-0.2, -0.15) is 0 Å². The summed E-state index contributed by atoms with van der Waals surface area (Å²) in [5.41, 5.74) is 6.11. The second kappa shape index (κ2) is 8.20. The average Bonchev–Trinajstić information content (AvgIpc) is 3.15. The first-order chi connectivity index (χ1) is 14.8. The predicted octanol–water partition coefficient (Wildman–Crippen LogP) is 5.79. The summed E-state index contributed by atoms with van der Waals surface area (Å²) >= 11 is 1.50. The van der Waals surface area contributed by atoms with Crippen LogP contribution in [-0.2, 0) is 11.2 Å². The zero-order valence-electron chi connectivity index (χ0n) is 16.3. The number of aromatic nitrogens is 2. The number of carbonyl (C=O) groups excluding carboxylic acids is 1. The first kappa shape index (κ1) is 18.7. The van der Waals surface area contributed by atoms with Gasteiger partial charge in [-0.05, 0) is 24.5 Å². The molecule has 30 heavy (non-hydrogen) atoms. The molecule has 148 valence electrons. The number of anilines is 1. The Morgan fingerprint density at radius 3 is 2.27 bits per heavy atom. The van der Waals surface area contributed by atoms with Crippen molar-refractivity contribution >= 4 is 23.4 Å². The van der Waals surface area contributed by atoms with Gasteiger partial charge in [-0.25, -0.2) is 4.98 Å². The summed E-state index contributed by atoms with van der Waals surface area (Å²) in [6.07, 6.45) is 1.64. The molecule has 1 atom stereocenters. The number of benzene rings is 3. The van der Waals surface area contributed by atoms with Gasteiger partial charge in [0.1, 0.15) is 0 Å². The third kappa shape index (κ3) is 3.76. The smallest absolute Gasteiger partial charge is 0.237 e. The number of imidazole rings is 1. The van der Waals surface area contributed by atoms with E-state index >= 15 is 0 Å². The van der Waals surface area contributed by atoms with Gasteiger partial charge >= 0.3 is 0 Å². The van der Waals surface area contributed by atoms with E-state index in [1.54, 1.807) is 0 Å². The lowest BCUT2D eigenvalue weighted by Crippen LogP contribution is -2.23. The molecule has 5 heteroatoms. The van der Waals surface area contributed by atoms with Crippen molar-refractivity contribution in [1.29, 1.82) is 0 Å². The van der Waals surface area contributed by atoms with E-state index in [0.717, 1.165) is 46.2 Å². The zero-order chi connectivity index (χ0) is 20.3. The SMILES string of the molecule is O=C1Nc2ccccc2CCC1Sc1nc(-c2ccccc2)c(-c2ccccc2)[nH]1. The second-order valence-electron chi connectivity index (χ2n) is 7.29. The van der Waals surface area contributed by atoms with Crippen molar-refractivity contribution in [3.8, 4) is 22.5 Å². The van der Waals surface area contributed by atoms with Crippen molar-refractivity contribution in [2.75, 3.05) is 5.32 Å². The summed E-state index contributed by atoms with van der Waals surface area (Å²) in [5, 5.41) is 3.64. The highest BCUT2D eigenvalue weighted by molar-refractivity contribution is 8.00. The molecule has 1 unspecified atom stereocenters. The van der Waals surface area contributed by atoms with E-state index in [1.165, 1.54) is 17.3 Å². The third-order valence-corrected chi connectivity index (χ3v) is 6.44. The van der Waals surface area contributed by atoms with Crippen LogP contribution in [0.3, 0.4) is 0 Å². The van der Waals surface area contributed by atoms with Crippen LogP contribution in [-0.4, -0.2) is 21.1 Å². The fourth-order valence-corrected chi connectivity index (χ4v) is 4.74. The molecule has 2 N–H and O–H groups in total. The van der Waals surface area contributed by atoms with Crippen LogP contribution < -0.4 is 5.32 Å². The van der Waals surface area contributed by atoms with Crippen LogP contribution >= 0.6 is 11.8 Å². The van der Waals surface area contributed by atoms with Gasteiger partial charge in [0, 0.05) is 16.8 Å². The number of thioether (sulfide) groups is 1. The number of hydrogen-bond donors (Lipinski definition) is 2. The minimum absolute atomic E-state index is 0.0314. The number of fused-ring (bicyclic) bond motifs is 1. The van der Waals surface area contributed by atoms with Gasteiger partial charge in [0.2, 0.25) is 5.91 Å². The molecule has 1 aromatic heterocycles. The van der Waals surface area contributed by atoms with Crippen LogP contribution in [0.15, 0.2) is 90.1 Å². The molecular weight excluding hydrogens is 390 g/mol. The molecule has 1 aliphatic heterocycles. The second-order valence-corrected chi connectivity index (χ2v) is 8.48. The monoisotopic (exact) mass is 411 g/mol. The van der Waals surface area contributed by atoms with E-state index in [-0.39, 0.29) is 11.2 Å². The molecular formula is C25H21N3OS. The summed E-state index contributed by atoms with van der Waals surface area (Å²) < 4.78 is 0.